The highest BCUT2D eigenvalue weighted by Crippen LogP contribution is 2.54. The van der Waals surface area contributed by atoms with Gasteiger partial charge in [0.2, 0.25) is 0 Å². The summed E-state index contributed by atoms with van der Waals surface area (Å²) in [6, 6.07) is 0.427. The predicted octanol–water partition coefficient (Wildman–Crippen LogP) is 2.95. The Morgan fingerprint density at radius 2 is 2.07 bits per heavy atom. The van der Waals surface area contributed by atoms with Gasteiger partial charge < -0.3 is 24.6 Å². The van der Waals surface area contributed by atoms with Crippen LogP contribution in [0.5, 0.6) is 0 Å². The van der Waals surface area contributed by atoms with Crippen LogP contribution >= 0.6 is 11.6 Å². The van der Waals surface area contributed by atoms with Crippen molar-refractivity contribution < 1.29 is 24.1 Å². The van der Waals surface area contributed by atoms with Gasteiger partial charge in [-0.2, -0.15) is 0 Å². The zero-order chi connectivity index (χ0) is 21.2. The van der Waals surface area contributed by atoms with E-state index < -0.39 is 23.4 Å². The van der Waals surface area contributed by atoms with Gasteiger partial charge in [0.05, 0.1) is 30.0 Å². The molecule has 6 atom stereocenters. The van der Waals surface area contributed by atoms with Gasteiger partial charge in [-0.05, 0) is 52.9 Å². The molecule has 2 aliphatic carbocycles. The summed E-state index contributed by atoms with van der Waals surface area (Å²) >= 11 is 6.22. The summed E-state index contributed by atoms with van der Waals surface area (Å²) in [5.74, 6) is -0.559. The number of alkyl halides is 1. The number of allylic oxidation sites excluding steroid dienone is 1. The quantitative estimate of drug-likeness (QED) is 0.254. The number of halogens is 1. The molecule has 3 fully saturated rings. The maximum absolute atomic E-state index is 12.4. The molecule has 29 heavy (non-hydrogen) atoms. The van der Waals surface area contributed by atoms with E-state index in [2.05, 4.69) is 25.2 Å². The third-order valence-corrected chi connectivity index (χ3v) is 7.36. The van der Waals surface area contributed by atoms with Crippen LogP contribution in [0.1, 0.15) is 59.3 Å². The van der Waals surface area contributed by atoms with E-state index in [0.29, 0.717) is 18.9 Å². The fraction of sp³-hybridized carbons (Fsp3) is 0.864. The zero-order valence-corrected chi connectivity index (χ0v) is 18.8. The molecule has 6 nitrogen and oxygen atoms in total. The van der Waals surface area contributed by atoms with E-state index in [4.69, 9.17) is 25.8 Å². The Labute approximate surface area is 179 Å². The fourth-order valence-corrected chi connectivity index (χ4v) is 5.18. The molecule has 1 heterocycles. The summed E-state index contributed by atoms with van der Waals surface area (Å²) in [6.07, 6.45) is 6.43. The van der Waals surface area contributed by atoms with Crippen LogP contribution in [0.2, 0.25) is 0 Å². The minimum atomic E-state index is -1.12. The van der Waals surface area contributed by atoms with Crippen molar-refractivity contribution in [2.24, 2.45) is 5.92 Å². The monoisotopic (exact) mass is 429 g/mol. The first-order valence-corrected chi connectivity index (χ1v) is 11.3. The second kappa shape index (κ2) is 9.23. The van der Waals surface area contributed by atoms with Crippen molar-refractivity contribution in [3.05, 3.63) is 11.6 Å². The number of esters is 1. The SMILES string of the molecule is CO[C@@H]1C(OC(=O)CNC2CCC2)CC[C@](O)(CCl)[C@H]1C1(C)OC1CC=C(C)C. The molecule has 0 aromatic heterocycles. The van der Waals surface area contributed by atoms with Gasteiger partial charge in [0, 0.05) is 13.2 Å². The maximum Gasteiger partial charge on any atom is 0.320 e. The maximum atomic E-state index is 12.4. The minimum absolute atomic E-state index is 0.00970. The molecule has 0 bridgehead atoms. The highest BCUT2D eigenvalue weighted by molar-refractivity contribution is 6.18. The lowest BCUT2D eigenvalue weighted by Crippen LogP contribution is -2.61. The number of hydrogen-bond donors (Lipinski definition) is 2. The number of aliphatic hydroxyl groups is 1. The first-order valence-electron chi connectivity index (χ1n) is 10.8. The molecule has 7 heteroatoms. The molecule has 3 aliphatic rings. The third kappa shape index (κ3) is 4.99. The van der Waals surface area contributed by atoms with Crippen molar-refractivity contribution in [1.82, 2.24) is 5.32 Å². The van der Waals surface area contributed by atoms with Gasteiger partial charge in [-0.1, -0.05) is 18.1 Å². The summed E-state index contributed by atoms with van der Waals surface area (Å²) in [5.41, 5.74) is -0.455. The van der Waals surface area contributed by atoms with Gasteiger partial charge in [0.1, 0.15) is 17.8 Å². The van der Waals surface area contributed by atoms with Crippen molar-refractivity contribution in [2.45, 2.75) is 94.9 Å². The highest BCUT2D eigenvalue weighted by atomic mass is 35.5. The molecular weight excluding hydrogens is 394 g/mol. The van der Waals surface area contributed by atoms with E-state index in [0.717, 1.165) is 19.3 Å². The third-order valence-electron chi connectivity index (χ3n) is 6.90. The van der Waals surface area contributed by atoms with Crippen LogP contribution in [0.15, 0.2) is 11.6 Å². The van der Waals surface area contributed by atoms with Crippen LogP contribution in [-0.4, -0.2) is 66.2 Å². The van der Waals surface area contributed by atoms with Gasteiger partial charge in [0.15, 0.2) is 0 Å². The van der Waals surface area contributed by atoms with E-state index in [9.17, 15) is 9.90 Å². The Kier molecular flexibility index (Phi) is 7.32. The number of epoxide rings is 1. The normalized spacial score (nSPS) is 39.5. The Morgan fingerprint density at radius 3 is 2.62 bits per heavy atom. The zero-order valence-electron chi connectivity index (χ0n) is 18.1. The molecule has 3 rings (SSSR count). The molecule has 1 aliphatic heterocycles. The number of methoxy groups -OCH3 is 1. The summed E-state index contributed by atoms with van der Waals surface area (Å²) in [5, 5.41) is 14.6. The average Bonchev–Trinajstić information content (AvgIpc) is 3.30. The average molecular weight is 430 g/mol. The minimum Gasteiger partial charge on any atom is -0.459 e. The van der Waals surface area contributed by atoms with Crippen LogP contribution < -0.4 is 5.32 Å². The predicted molar refractivity (Wildman–Crippen MR) is 112 cm³/mol. The summed E-state index contributed by atoms with van der Waals surface area (Å²) < 4.78 is 17.7. The smallest absolute Gasteiger partial charge is 0.320 e. The molecule has 3 unspecified atom stereocenters. The van der Waals surface area contributed by atoms with Gasteiger partial charge in [0.25, 0.3) is 0 Å². The second-order valence-electron chi connectivity index (χ2n) is 9.30. The van der Waals surface area contributed by atoms with Crippen molar-refractivity contribution >= 4 is 17.6 Å². The molecule has 0 aromatic rings. The van der Waals surface area contributed by atoms with Crippen molar-refractivity contribution in [3.8, 4) is 0 Å². The van der Waals surface area contributed by atoms with Crippen LogP contribution in [0.25, 0.3) is 0 Å². The van der Waals surface area contributed by atoms with Gasteiger partial charge in [-0.3, -0.25) is 4.79 Å². The molecule has 0 aromatic carbocycles. The number of ether oxygens (including phenoxy) is 3. The van der Waals surface area contributed by atoms with E-state index in [1.165, 1.54) is 12.0 Å². The molecule has 0 amide bonds. The Balaban J connectivity index is 1.69. The molecule has 166 valence electrons. The van der Waals surface area contributed by atoms with Crippen LogP contribution in [0.4, 0.5) is 0 Å². The number of nitrogens with one attached hydrogen (secondary N) is 1. The van der Waals surface area contributed by atoms with Crippen molar-refractivity contribution in [1.29, 1.82) is 0 Å². The summed E-state index contributed by atoms with van der Waals surface area (Å²) in [6.45, 7) is 6.33. The van der Waals surface area contributed by atoms with Crippen molar-refractivity contribution in [2.75, 3.05) is 19.5 Å². The topological polar surface area (TPSA) is 80.3 Å². The highest BCUT2D eigenvalue weighted by Gasteiger charge is 2.67. The van der Waals surface area contributed by atoms with E-state index >= 15 is 0 Å². The first kappa shape index (κ1) is 23.0. The number of hydrogen-bond acceptors (Lipinski definition) is 6. The van der Waals surface area contributed by atoms with E-state index in [1.54, 1.807) is 7.11 Å². The summed E-state index contributed by atoms with van der Waals surface area (Å²) in [4.78, 5) is 12.4. The van der Waals surface area contributed by atoms with Gasteiger partial charge in [-0.25, -0.2) is 0 Å². The summed E-state index contributed by atoms with van der Waals surface area (Å²) in [7, 11) is 1.60. The first-order chi connectivity index (χ1) is 13.7. The Hall–Kier alpha value is -0.660. The van der Waals surface area contributed by atoms with E-state index in [1.807, 2.05) is 6.92 Å². The lowest BCUT2D eigenvalue weighted by atomic mass is 9.66. The number of carbonyl (C=O) groups is 1. The lowest BCUT2D eigenvalue weighted by molar-refractivity contribution is -0.192. The molecule has 0 radical (unpaired) electrons. The Bertz CT molecular complexity index is 620. The van der Waals surface area contributed by atoms with Crippen LogP contribution in [0.3, 0.4) is 0 Å². The lowest BCUT2D eigenvalue weighted by Gasteiger charge is -2.48. The molecular formula is C22H36ClNO5. The van der Waals surface area contributed by atoms with Crippen molar-refractivity contribution in [3.63, 3.8) is 0 Å². The largest absolute Gasteiger partial charge is 0.459 e. The standard InChI is InChI=1S/C22H36ClNO5/c1-14(2)8-9-17-21(3,29-17)20-19(27-4)16(10-11-22(20,26)13-23)28-18(25)12-24-15-6-5-7-15/h8,15-17,19-20,24,26H,5-7,9-13H2,1-4H3/t16?,17?,19-,20-,21?,22+/m1/s1. The second-order valence-corrected chi connectivity index (χ2v) is 9.57. The van der Waals surface area contributed by atoms with E-state index in [-0.39, 0.29) is 30.4 Å². The molecule has 2 saturated carbocycles. The van der Waals surface area contributed by atoms with Gasteiger partial charge >= 0.3 is 5.97 Å². The fourth-order valence-electron chi connectivity index (χ4n) is 4.88. The number of carbonyl (C=O) groups excluding carboxylic acids is 1. The Morgan fingerprint density at radius 1 is 1.34 bits per heavy atom. The van der Waals surface area contributed by atoms with Crippen LogP contribution in [-0.2, 0) is 19.0 Å². The van der Waals surface area contributed by atoms with Crippen LogP contribution in [0, 0.1) is 5.92 Å². The van der Waals surface area contributed by atoms with Gasteiger partial charge in [-0.15, -0.1) is 11.6 Å². The molecule has 0 spiro atoms. The number of rotatable bonds is 9. The molecule has 1 saturated heterocycles. The molecule has 2 N–H and O–H groups in total.